The smallest absolute Gasteiger partial charge is 0.223 e. The number of hydrogen-bond acceptors (Lipinski definition) is 2. The minimum absolute atomic E-state index is 0. The second kappa shape index (κ2) is 5.79. The van der Waals surface area contributed by atoms with Gasteiger partial charge in [-0.2, -0.15) is 0 Å². The third-order valence-electron chi connectivity index (χ3n) is 4.68. The Bertz CT molecular complexity index is 282. The van der Waals surface area contributed by atoms with Crippen LogP contribution in [0.15, 0.2) is 0 Å². The lowest BCUT2D eigenvalue weighted by atomic mass is 9.90. The van der Waals surface area contributed by atoms with Crippen molar-refractivity contribution in [2.24, 2.45) is 23.5 Å². The first kappa shape index (κ1) is 14.1. The molecular formula is C14H25ClN2O. The van der Waals surface area contributed by atoms with Crippen molar-refractivity contribution in [3.05, 3.63) is 0 Å². The van der Waals surface area contributed by atoms with Gasteiger partial charge in [0.15, 0.2) is 0 Å². The van der Waals surface area contributed by atoms with E-state index < -0.39 is 0 Å². The van der Waals surface area contributed by atoms with Gasteiger partial charge in [0.1, 0.15) is 0 Å². The Hall–Kier alpha value is -0.280. The highest BCUT2D eigenvalue weighted by molar-refractivity contribution is 5.85. The zero-order chi connectivity index (χ0) is 11.8. The first-order chi connectivity index (χ1) is 8.24. The van der Waals surface area contributed by atoms with E-state index in [1.807, 2.05) is 0 Å². The number of halogens is 1. The van der Waals surface area contributed by atoms with Crippen LogP contribution >= 0.6 is 12.4 Å². The van der Waals surface area contributed by atoms with E-state index in [4.69, 9.17) is 5.73 Å². The van der Waals surface area contributed by atoms with E-state index in [1.165, 1.54) is 25.7 Å². The minimum Gasteiger partial charge on any atom is -0.353 e. The molecule has 3 nitrogen and oxygen atoms in total. The summed E-state index contributed by atoms with van der Waals surface area (Å²) in [4.78, 5) is 12.3. The Morgan fingerprint density at radius 3 is 1.89 bits per heavy atom. The maximum atomic E-state index is 12.3. The van der Waals surface area contributed by atoms with Gasteiger partial charge in [0.25, 0.3) is 0 Å². The van der Waals surface area contributed by atoms with Crippen LogP contribution in [0.2, 0.25) is 0 Å². The molecule has 0 aromatic carbocycles. The molecule has 104 valence electrons. The van der Waals surface area contributed by atoms with Crippen LogP contribution in [0.4, 0.5) is 0 Å². The molecule has 4 heteroatoms. The van der Waals surface area contributed by atoms with E-state index in [1.54, 1.807) is 0 Å². The predicted octanol–water partition coefficient (Wildman–Crippen LogP) is 2.23. The Morgan fingerprint density at radius 1 is 0.944 bits per heavy atom. The lowest BCUT2D eigenvalue weighted by Gasteiger charge is -2.28. The fraction of sp³-hybridized carbons (Fsp3) is 0.929. The van der Waals surface area contributed by atoms with Crippen LogP contribution < -0.4 is 11.1 Å². The summed E-state index contributed by atoms with van der Waals surface area (Å²) in [5.41, 5.74) is 5.89. The normalized spacial score (nSPS) is 31.9. The van der Waals surface area contributed by atoms with Gasteiger partial charge in [-0.15, -0.1) is 12.4 Å². The van der Waals surface area contributed by atoms with Gasteiger partial charge in [-0.1, -0.05) is 0 Å². The molecular weight excluding hydrogens is 248 g/mol. The summed E-state index contributed by atoms with van der Waals surface area (Å²) >= 11 is 0. The predicted molar refractivity (Wildman–Crippen MR) is 74.6 cm³/mol. The molecule has 3 aliphatic carbocycles. The zero-order valence-electron chi connectivity index (χ0n) is 10.9. The molecule has 0 atom stereocenters. The fourth-order valence-corrected chi connectivity index (χ4v) is 3.28. The molecule has 18 heavy (non-hydrogen) atoms. The third kappa shape index (κ3) is 3.39. The Balaban J connectivity index is 0.00000120. The summed E-state index contributed by atoms with van der Waals surface area (Å²) in [5, 5.41) is 3.29. The highest BCUT2D eigenvalue weighted by Crippen LogP contribution is 2.49. The standard InChI is InChI=1S/C14H24N2O.ClH/c15-11-5-7-12(8-6-11)16-14(17)13(9-1-2-9)10-3-4-10;/h9-13H,1-8,15H2,(H,16,17);1H. The first-order valence-electron chi connectivity index (χ1n) is 7.30. The molecule has 0 aromatic heterocycles. The molecule has 0 saturated heterocycles. The van der Waals surface area contributed by atoms with E-state index in [0.29, 0.717) is 35.7 Å². The molecule has 3 saturated carbocycles. The highest BCUT2D eigenvalue weighted by atomic mass is 35.5. The zero-order valence-corrected chi connectivity index (χ0v) is 11.8. The Labute approximate surface area is 116 Å². The Morgan fingerprint density at radius 2 is 1.44 bits per heavy atom. The average molecular weight is 273 g/mol. The quantitative estimate of drug-likeness (QED) is 0.825. The number of carbonyl (C=O) groups is 1. The molecule has 0 unspecified atom stereocenters. The lowest BCUT2D eigenvalue weighted by molar-refractivity contribution is -0.127. The Kier molecular flexibility index (Phi) is 4.54. The summed E-state index contributed by atoms with van der Waals surface area (Å²) in [5.74, 6) is 2.14. The van der Waals surface area contributed by atoms with Crippen molar-refractivity contribution in [1.82, 2.24) is 5.32 Å². The van der Waals surface area contributed by atoms with Crippen molar-refractivity contribution in [2.45, 2.75) is 63.5 Å². The largest absolute Gasteiger partial charge is 0.353 e. The van der Waals surface area contributed by atoms with Crippen LogP contribution in [-0.4, -0.2) is 18.0 Å². The summed E-state index contributed by atoms with van der Waals surface area (Å²) in [7, 11) is 0. The van der Waals surface area contributed by atoms with Gasteiger partial charge in [0.2, 0.25) is 5.91 Å². The van der Waals surface area contributed by atoms with Crippen molar-refractivity contribution in [1.29, 1.82) is 0 Å². The minimum atomic E-state index is 0. The summed E-state index contributed by atoms with van der Waals surface area (Å²) < 4.78 is 0. The monoisotopic (exact) mass is 272 g/mol. The van der Waals surface area contributed by atoms with Gasteiger partial charge in [-0.25, -0.2) is 0 Å². The van der Waals surface area contributed by atoms with Crippen LogP contribution in [0, 0.1) is 17.8 Å². The summed E-state index contributed by atoms with van der Waals surface area (Å²) in [6, 6.07) is 0.771. The maximum absolute atomic E-state index is 12.3. The molecule has 0 heterocycles. The van der Waals surface area contributed by atoms with Gasteiger partial charge < -0.3 is 11.1 Å². The summed E-state index contributed by atoms with van der Waals surface area (Å²) in [6.45, 7) is 0. The van der Waals surface area contributed by atoms with Gasteiger partial charge in [-0.3, -0.25) is 4.79 Å². The van der Waals surface area contributed by atoms with Crippen LogP contribution in [0.5, 0.6) is 0 Å². The van der Waals surface area contributed by atoms with Crippen molar-refractivity contribution in [3.63, 3.8) is 0 Å². The maximum Gasteiger partial charge on any atom is 0.223 e. The highest BCUT2D eigenvalue weighted by Gasteiger charge is 2.45. The van der Waals surface area contributed by atoms with Crippen molar-refractivity contribution < 1.29 is 4.79 Å². The van der Waals surface area contributed by atoms with Gasteiger partial charge >= 0.3 is 0 Å². The van der Waals surface area contributed by atoms with Crippen molar-refractivity contribution in [2.75, 3.05) is 0 Å². The number of carbonyl (C=O) groups excluding carboxylic acids is 1. The first-order valence-corrected chi connectivity index (χ1v) is 7.30. The fourth-order valence-electron chi connectivity index (χ4n) is 3.28. The van der Waals surface area contributed by atoms with Crippen LogP contribution in [0.1, 0.15) is 51.4 Å². The second-order valence-electron chi connectivity index (χ2n) is 6.32. The molecule has 3 aliphatic rings. The molecule has 3 fully saturated rings. The van der Waals surface area contributed by atoms with Crippen molar-refractivity contribution >= 4 is 18.3 Å². The van der Waals surface area contributed by atoms with Gasteiger partial charge in [-0.05, 0) is 63.2 Å². The molecule has 3 N–H and O–H groups in total. The number of hydrogen-bond donors (Lipinski definition) is 2. The van der Waals surface area contributed by atoms with E-state index in [9.17, 15) is 4.79 Å². The number of rotatable bonds is 4. The molecule has 1 amide bonds. The number of amides is 1. The summed E-state index contributed by atoms with van der Waals surface area (Å²) in [6.07, 6.45) is 9.43. The average Bonchev–Trinajstić information content (AvgIpc) is 3.14. The topological polar surface area (TPSA) is 55.1 Å². The molecule has 0 aromatic rings. The third-order valence-corrected chi connectivity index (χ3v) is 4.68. The SMILES string of the molecule is Cl.NC1CCC(NC(=O)C(C2CC2)C2CC2)CC1. The van der Waals surface area contributed by atoms with Crippen LogP contribution in [0.25, 0.3) is 0 Å². The van der Waals surface area contributed by atoms with Crippen LogP contribution in [0.3, 0.4) is 0 Å². The molecule has 0 spiro atoms. The second-order valence-corrected chi connectivity index (χ2v) is 6.32. The van der Waals surface area contributed by atoms with Gasteiger partial charge in [0.05, 0.1) is 0 Å². The van der Waals surface area contributed by atoms with E-state index in [0.717, 1.165) is 25.7 Å². The van der Waals surface area contributed by atoms with E-state index in [2.05, 4.69) is 5.32 Å². The van der Waals surface area contributed by atoms with E-state index >= 15 is 0 Å². The van der Waals surface area contributed by atoms with Crippen LogP contribution in [-0.2, 0) is 4.79 Å². The molecule has 0 radical (unpaired) electrons. The van der Waals surface area contributed by atoms with E-state index in [-0.39, 0.29) is 12.4 Å². The lowest BCUT2D eigenvalue weighted by Crippen LogP contribution is -2.43. The number of nitrogens with two attached hydrogens (primary N) is 1. The molecule has 0 bridgehead atoms. The van der Waals surface area contributed by atoms with Gasteiger partial charge in [0, 0.05) is 18.0 Å². The number of nitrogens with one attached hydrogen (secondary N) is 1. The van der Waals surface area contributed by atoms with Crippen molar-refractivity contribution in [3.8, 4) is 0 Å². The molecule has 3 rings (SSSR count). The molecule has 0 aliphatic heterocycles.